The number of hydrogen-bond donors (Lipinski definition) is 1. The predicted molar refractivity (Wildman–Crippen MR) is 72.8 cm³/mol. The molecular weight excluding hydrogens is 298 g/mol. The molecule has 2 aliphatic rings. The average molecular weight is 310 g/mol. The van der Waals surface area contributed by atoms with Gasteiger partial charge in [0.2, 0.25) is 5.91 Å². The molecule has 1 aromatic carbocycles. The molecule has 1 aliphatic heterocycles. The van der Waals surface area contributed by atoms with Crippen LogP contribution in [0.2, 0.25) is 5.02 Å². The van der Waals surface area contributed by atoms with Crippen molar-refractivity contribution in [2.24, 2.45) is 11.8 Å². The van der Waals surface area contributed by atoms with Crippen molar-refractivity contribution in [3.63, 3.8) is 0 Å². The van der Waals surface area contributed by atoms with Crippen LogP contribution in [-0.2, 0) is 29.3 Å². The molecule has 1 fully saturated rings. The third-order valence-corrected chi connectivity index (χ3v) is 4.40. The van der Waals surface area contributed by atoms with E-state index in [-0.39, 0.29) is 0 Å². The lowest BCUT2D eigenvalue weighted by Crippen LogP contribution is -2.26. The van der Waals surface area contributed by atoms with Crippen molar-refractivity contribution in [1.29, 1.82) is 0 Å². The molecule has 0 radical (unpaired) electrons. The lowest BCUT2D eigenvalue weighted by molar-refractivity contribution is -0.148. The van der Waals surface area contributed by atoms with Crippen LogP contribution in [0.15, 0.2) is 18.2 Å². The van der Waals surface area contributed by atoms with Crippen LogP contribution in [0, 0.1) is 11.8 Å². The number of esters is 2. The third-order valence-electron chi connectivity index (χ3n) is 4.17. The van der Waals surface area contributed by atoms with Crippen molar-refractivity contribution < 1.29 is 23.9 Å². The zero-order chi connectivity index (χ0) is 15.4. The first-order valence-electron chi connectivity index (χ1n) is 6.25. The van der Waals surface area contributed by atoms with Gasteiger partial charge in [0.1, 0.15) is 5.41 Å². The average Bonchev–Trinajstić information content (AvgIpc) is 3.08. The summed E-state index contributed by atoms with van der Waals surface area (Å²) >= 11 is 5.90. The quantitative estimate of drug-likeness (QED) is 0.828. The van der Waals surface area contributed by atoms with E-state index in [4.69, 9.17) is 21.1 Å². The maximum atomic E-state index is 12.4. The normalized spacial score (nSPS) is 28.8. The van der Waals surface area contributed by atoms with Crippen molar-refractivity contribution in [3.8, 4) is 0 Å². The Labute approximate surface area is 125 Å². The second kappa shape index (κ2) is 4.46. The van der Waals surface area contributed by atoms with Crippen LogP contribution in [0.5, 0.6) is 0 Å². The third kappa shape index (κ3) is 1.62. The monoisotopic (exact) mass is 309 g/mol. The molecule has 0 saturated heterocycles. The fourth-order valence-electron chi connectivity index (χ4n) is 3.23. The first kappa shape index (κ1) is 13.9. The molecule has 1 saturated carbocycles. The molecule has 1 heterocycles. The lowest BCUT2D eigenvalue weighted by Gasteiger charge is -2.08. The fraction of sp³-hybridized carbons (Fsp3) is 0.357. The number of ether oxygens (including phenoxy) is 2. The first-order chi connectivity index (χ1) is 9.98. The highest BCUT2D eigenvalue weighted by Gasteiger charge is 2.80. The standard InChI is InChI=1S/C14H12ClNO5/c1-20-11(17)9-10(12(18)21-2)14(9)7-4-3-6(15)5-8(7)16-13(14)19/h3-5,9-10H,1-2H3,(H,16,19)/t9-,10-/m0/s1. The van der Waals surface area contributed by atoms with E-state index < -0.39 is 35.1 Å². The van der Waals surface area contributed by atoms with Crippen LogP contribution >= 0.6 is 11.6 Å². The van der Waals surface area contributed by atoms with Gasteiger partial charge in [0.25, 0.3) is 0 Å². The summed E-state index contributed by atoms with van der Waals surface area (Å²) in [7, 11) is 2.44. The summed E-state index contributed by atoms with van der Waals surface area (Å²) in [5, 5.41) is 3.12. The molecule has 7 heteroatoms. The number of rotatable bonds is 2. The Kier molecular flexibility index (Phi) is 2.95. The highest BCUT2D eigenvalue weighted by molar-refractivity contribution is 6.31. The number of amides is 1. The van der Waals surface area contributed by atoms with E-state index in [1.807, 2.05) is 0 Å². The molecule has 110 valence electrons. The Bertz CT molecular complexity index is 649. The van der Waals surface area contributed by atoms with Gasteiger partial charge in [-0.2, -0.15) is 0 Å². The minimum atomic E-state index is -1.25. The van der Waals surface area contributed by atoms with Crippen molar-refractivity contribution in [2.75, 3.05) is 19.5 Å². The number of fused-ring (bicyclic) bond motifs is 2. The number of halogens is 1. The lowest BCUT2D eigenvalue weighted by atomic mass is 9.93. The molecule has 21 heavy (non-hydrogen) atoms. The van der Waals surface area contributed by atoms with Crippen molar-refractivity contribution >= 4 is 35.1 Å². The zero-order valence-corrected chi connectivity index (χ0v) is 12.1. The van der Waals surface area contributed by atoms with Crippen LogP contribution in [0.4, 0.5) is 5.69 Å². The molecular formula is C14H12ClNO5. The van der Waals surface area contributed by atoms with Gasteiger partial charge in [0, 0.05) is 10.7 Å². The molecule has 1 amide bonds. The zero-order valence-electron chi connectivity index (χ0n) is 11.3. The van der Waals surface area contributed by atoms with Crippen molar-refractivity contribution in [3.05, 3.63) is 28.8 Å². The van der Waals surface area contributed by atoms with Gasteiger partial charge >= 0.3 is 11.9 Å². The van der Waals surface area contributed by atoms with Gasteiger partial charge in [0.15, 0.2) is 0 Å². The second-order valence-electron chi connectivity index (χ2n) is 5.01. The largest absolute Gasteiger partial charge is 0.469 e. The summed E-state index contributed by atoms with van der Waals surface area (Å²) in [6, 6.07) is 4.85. The Balaban J connectivity index is 2.14. The highest BCUT2D eigenvalue weighted by Crippen LogP contribution is 2.65. The minimum absolute atomic E-state index is 0.412. The van der Waals surface area contributed by atoms with E-state index in [0.29, 0.717) is 16.3 Å². The second-order valence-corrected chi connectivity index (χ2v) is 5.45. The summed E-state index contributed by atoms with van der Waals surface area (Å²) in [6.45, 7) is 0. The van der Waals surface area contributed by atoms with Crippen LogP contribution in [0.1, 0.15) is 5.56 Å². The predicted octanol–water partition coefficient (Wildman–Crippen LogP) is 1.12. The van der Waals surface area contributed by atoms with Gasteiger partial charge in [-0.1, -0.05) is 17.7 Å². The highest BCUT2D eigenvalue weighted by atomic mass is 35.5. The van der Waals surface area contributed by atoms with Crippen molar-refractivity contribution in [2.45, 2.75) is 5.41 Å². The van der Waals surface area contributed by atoms with E-state index >= 15 is 0 Å². The van der Waals surface area contributed by atoms with E-state index in [9.17, 15) is 14.4 Å². The minimum Gasteiger partial charge on any atom is -0.469 e. The molecule has 6 nitrogen and oxygen atoms in total. The van der Waals surface area contributed by atoms with E-state index in [2.05, 4.69) is 5.32 Å². The molecule has 3 rings (SSSR count). The Morgan fingerprint density at radius 3 is 2.29 bits per heavy atom. The molecule has 1 aromatic rings. The maximum Gasteiger partial charge on any atom is 0.311 e. The molecule has 1 aliphatic carbocycles. The number of carbonyl (C=O) groups is 3. The summed E-state index contributed by atoms with van der Waals surface area (Å²) in [6.07, 6.45) is 0. The molecule has 2 atom stereocenters. The number of anilines is 1. The number of hydrogen-bond acceptors (Lipinski definition) is 5. The summed E-state index contributed by atoms with van der Waals surface area (Å²) < 4.78 is 9.44. The Hall–Kier alpha value is -2.08. The van der Waals surface area contributed by atoms with Gasteiger partial charge in [-0.15, -0.1) is 0 Å². The van der Waals surface area contributed by atoms with Crippen LogP contribution in [-0.4, -0.2) is 32.1 Å². The summed E-state index contributed by atoms with van der Waals surface area (Å²) in [4.78, 5) is 36.3. The van der Waals surface area contributed by atoms with Gasteiger partial charge in [-0.05, 0) is 17.7 Å². The van der Waals surface area contributed by atoms with Crippen molar-refractivity contribution in [1.82, 2.24) is 0 Å². The van der Waals surface area contributed by atoms with Gasteiger partial charge in [-0.3, -0.25) is 14.4 Å². The number of carbonyl (C=O) groups excluding carboxylic acids is 3. The van der Waals surface area contributed by atoms with Crippen LogP contribution < -0.4 is 5.32 Å². The molecule has 1 N–H and O–H groups in total. The van der Waals surface area contributed by atoms with Gasteiger partial charge < -0.3 is 14.8 Å². The number of nitrogens with one attached hydrogen (secondary N) is 1. The van der Waals surface area contributed by atoms with E-state index in [1.165, 1.54) is 14.2 Å². The SMILES string of the molecule is COC(=O)[C@@H]1[C@@H](C(=O)OC)C12C(=O)Nc1cc(Cl)ccc12. The number of methoxy groups -OCH3 is 2. The summed E-state index contributed by atoms with van der Waals surface area (Å²) in [5.41, 5.74) is -0.171. The van der Waals surface area contributed by atoms with Gasteiger partial charge in [-0.25, -0.2) is 0 Å². The fourth-order valence-corrected chi connectivity index (χ4v) is 3.40. The van der Waals surface area contributed by atoms with E-state index in [1.54, 1.807) is 18.2 Å². The topological polar surface area (TPSA) is 81.7 Å². The van der Waals surface area contributed by atoms with Crippen LogP contribution in [0.25, 0.3) is 0 Å². The molecule has 0 aromatic heterocycles. The Morgan fingerprint density at radius 1 is 1.19 bits per heavy atom. The summed E-state index contributed by atoms with van der Waals surface area (Å²) in [5.74, 6) is -3.38. The first-order valence-corrected chi connectivity index (χ1v) is 6.63. The Morgan fingerprint density at radius 2 is 1.76 bits per heavy atom. The number of benzene rings is 1. The molecule has 1 spiro atoms. The van der Waals surface area contributed by atoms with Gasteiger partial charge in [0.05, 0.1) is 26.1 Å². The molecule has 0 unspecified atom stereocenters. The molecule has 0 bridgehead atoms. The maximum absolute atomic E-state index is 12.4. The van der Waals surface area contributed by atoms with E-state index in [0.717, 1.165) is 0 Å². The smallest absolute Gasteiger partial charge is 0.311 e. The van der Waals surface area contributed by atoms with Crippen LogP contribution in [0.3, 0.4) is 0 Å².